The van der Waals surface area contributed by atoms with Crippen LogP contribution in [-0.2, 0) is 4.79 Å². The van der Waals surface area contributed by atoms with E-state index in [-0.39, 0.29) is 18.4 Å². The predicted molar refractivity (Wildman–Crippen MR) is 62.6 cm³/mol. The molecule has 2 N–H and O–H groups in total. The summed E-state index contributed by atoms with van der Waals surface area (Å²) in [5.74, 6) is -0.309. The molecule has 0 saturated heterocycles. The Balaban J connectivity index is 3.20. The molecule has 3 heteroatoms. The number of rotatable bonds is 9. The molecule has 0 rings (SSSR count). The van der Waals surface area contributed by atoms with E-state index in [9.17, 15) is 4.79 Å². The lowest BCUT2D eigenvalue weighted by atomic mass is 10.1. The minimum atomic E-state index is -0.273. The van der Waals surface area contributed by atoms with Crippen LogP contribution in [0.3, 0.4) is 0 Å². The van der Waals surface area contributed by atoms with Gasteiger partial charge in [-0.2, -0.15) is 0 Å². The predicted octanol–water partition coefficient (Wildman–Crippen LogP) is 2.09. The van der Waals surface area contributed by atoms with Crippen LogP contribution in [-0.4, -0.2) is 24.2 Å². The van der Waals surface area contributed by atoms with E-state index in [2.05, 4.69) is 12.2 Å². The van der Waals surface area contributed by atoms with E-state index in [1.165, 1.54) is 32.1 Å². The molecular weight excluding hydrogens is 190 g/mol. The molecule has 0 aromatic carbocycles. The molecular formula is C12H25NO2. The first-order valence-electron chi connectivity index (χ1n) is 6.11. The van der Waals surface area contributed by atoms with Gasteiger partial charge in [0.2, 0.25) is 5.91 Å². The van der Waals surface area contributed by atoms with Crippen LogP contribution in [0, 0.1) is 5.92 Å². The highest BCUT2D eigenvalue weighted by molar-refractivity contribution is 5.78. The average molecular weight is 215 g/mol. The topological polar surface area (TPSA) is 49.3 Å². The summed E-state index contributed by atoms with van der Waals surface area (Å²) in [6.45, 7) is 4.62. The number of aliphatic hydroxyl groups excluding tert-OH is 1. The fourth-order valence-corrected chi connectivity index (χ4v) is 1.37. The van der Waals surface area contributed by atoms with Gasteiger partial charge in [-0.1, -0.05) is 46.0 Å². The van der Waals surface area contributed by atoms with Crippen LogP contribution in [0.2, 0.25) is 0 Å². The number of unbranched alkanes of at least 4 members (excludes halogenated alkanes) is 5. The average Bonchev–Trinajstić information content (AvgIpc) is 2.26. The molecule has 1 amide bonds. The van der Waals surface area contributed by atoms with Crippen LogP contribution in [0.15, 0.2) is 0 Å². The number of hydrogen-bond donors (Lipinski definition) is 2. The van der Waals surface area contributed by atoms with E-state index in [0.717, 1.165) is 13.0 Å². The van der Waals surface area contributed by atoms with Crippen LogP contribution < -0.4 is 5.32 Å². The van der Waals surface area contributed by atoms with E-state index in [0.29, 0.717) is 0 Å². The molecule has 0 aliphatic heterocycles. The van der Waals surface area contributed by atoms with Crippen molar-refractivity contribution in [1.29, 1.82) is 0 Å². The molecule has 0 aromatic rings. The monoisotopic (exact) mass is 215 g/mol. The van der Waals surface area contributed by atoms with Crippen molar-refractivity contribution in [2.45, 2.75) is 52.4 Å². The molecule has 0 bridgehead atoms. The maximum atomic E-state index is 11.2. The first-order valence-corrected chi connectivity index (χ1v) is 6.11. The molecule has 0 unspecified atom stereocenters. The summed E-state index contributed by atoms with van der Waals surface area (Å²) in [5, 5.41) is 11.6. The zero-order chi connectivity index (χ0) is 11.5. The van der Waals surface area contributed by atoms with E-state index >= 15 is 0 Å². The fraction of sp³-hybridized carbons (Fsp3) is 0.917. The van der Waals surface area contributed by atoms with Crippen molar-refractivity contribution in [2.75, 3.05) is 13.2 Å². The van der Waals surface area contributed by atoms with Gasteiger partial charge >= 0.3 is 0 Å². The Kier molecular flexibility index (Phi) is 9.59. The van der Waals surface area contributed by atoms with Gasteiger partial charge in [0.25, 0.3) is 0 Å². The number of carbonyl (C=O) groups is 1. The number of hydrogen-bond acceptors (Lipinski definition) is 2. The molecule has 3 nitrogen and oxygen atoms in total. The minimum absolute atomic E-state index is 0.0361. The molecule has 0 saturated carbocycles. The Labute approximate surface area is 93.3 Å². The van der Waals surface area contributed by atoms with Crippen LogP contribution in [0.25, 0.3) is 0 Å². The zero-order valence-corrected chi connectivity index (χ0v) is 10.1. The molecule has 0 aromatic heterocycles. The molecule has 0 spiro atoms. The third-order valence-corrected chi connectivity index (χ3v) is 2.55. The zero-order valence-electron chi connectivity index (χ0n) is 10.1. The molecule has 90 valence electrons. The molecule has 15 heavy (non-hydrogen) atoms. The van der Waals surface area contributed by atoms with Gasteiger partial charge in [0.05, 0.1) is 12.5 Å². The second-order valence-corrected chi connectivity index (χ2v) is 4.14. The van der Waals surface area contributed by atoms with Gasteiger partial charge < -0.3 is 10.4 Å². The molecule has 1 atom stereocenters. The third kappa shape index (κ3) is 8.43. The number of carbonyl (C=O) groups excluding carboxylic acids is 1. The lowest BCUT2D eigenvalue weighted by Crippen LogP contribution is -2.31. The maximum Gasteiger partial charge on any atom is 0.225 e. The highest BCUT2D eigenvalue weighted by Gasteiger charge is 2.09. The van der Waals surface area contributed by atoms with Gasteiger partial charge in [-0.15, -0.1) is 0 Å². The van der Waals surface area contributed by atoms with Crippen LogP contribution in [0.4, 0.5) is 0 Å². The number of aliphatic hydroxyl groups is 1. The molecule has 0 aliphatic rings. The van der Waals surface area contributed by atoms with Gasteiger partial charge in [-0.25, -0.2) is 0 Å². The standard InChI is InChI=1S/C12H25NO2/c1-3-4-5-6-7-8-9-13-12(15)11(2)10-14/h11,14H,3-10H2,1-2H3,(H,13,15)/t11-/m0/s1. The smallest absolute Gasteiger partial charge is 0.225 e. The van der Waals surface area contributed by atoms with Gasteiger partial charge in [-0.3, -0.25) is 4.79 Å². The Morgan fingerprint density at radius 3 is 2.40 bits per heavy atom. The molecule has 0 radical (unpaired) electrons. The van der Waals surface area contributed by atoms with E-state index in [1.807, 2.05) is 0 Å². The summed E-state index contributed by atoms with van der Waals surface area (Å²) in [6, 6.07) is 0. The number of amides is 1. The van der Waals surface area contributed by atoms with Crippen molar-refractivity contribution >= 4 is 5.91 Å². The minimum Gasteiger partial charge on any atom is -0.396 e. The SMILES string of the molecule is CCCCCCCCNC(=O)[C@@H](C)CO. The van der Waals surface area contributed by atoms with Crippen LogP contribution in [0.1, 0.15) is 52.4 Å². The van der Waals surface area contributed by atoms with E-state index in [4.69, 9.17) is 5.11 Å². The van der Waals surface area contributed by atoms with E-state index < -0.39 is 0 Å². The van der Waals surface area contributed by atoms with Crippen LogP contribution in [0.5, 0.6) is 0 Å². The molecule has 0 aliphatic carbocycles. The van der Waals surface area contributed by atoms with Gasteiger partial charge in [-0.05, 0) is 6.42 Å². The summed E-state index contributed by atoms with van der Waals surface area (Å²) in [4.78, 5) is 11.2. The fourth-order valence-electron chi connectivity index (χ4n) is 1.37. The highest BCUT2D eigenvalue weighted by atomic mass is 16.3. The molecule has 0 fully saturated rings. The lowest BCUT2D eigenvalue weighted by Gasteiger charge is -2.08. The Hall–Kier alpha value is -0.570. The second kappa shape index (κ2) is 9.97. The van der Waals surface area contributed by atoms with Crippen molar-refractivity contribution < 1.29 is 9.90 Å². The van der Waals surface area contributed by atoms with Crippen molar-refractivity contribution in [3.63, 3.8) is 0 Å². The molecule has 0 heterocycles. The lowest BCUT2D eigenvalue weighted by molar-refractivity contribution is -0.125. The first kappa shape index (κ1) is 14.4. The van der Waals surface area contributed by atoms with Gasteiger partial charge in [0.15, 0.2) is 0 Å². The van der Waals surface area contributed by atoms with Crippen molar-refractivity contribution in [3.05, 3.63) is 0 Å². The highest BCUT2D eigenvalue weighted by Crippen LogP contribution is 2.04. The summed E-state index contributed by atoms with van der Waals surface area (Å²) in [6.07, 6.45) is 7.39. The quantitative estimate of drug-likeness (QED) is 0.579. The summed E-state index contributed by atoms with van der Waals surface area (Å²) < 4.78 is 0. The first-order chi connectivity index (χ1) is 7.22. The number of nitrogens with one attached hydrogen (secondary N) is 1. The Morgan fingerprint density at radius 2 is 1.80 bits per heavy atom. The maximum absolute atomic E-state index is 11.2. The van der Waals surface area contributed by atoms with Crippen LogP contribution >= 0.6 is 0 Å². The van der Waals surface area contributed by atoms with E-state index in [1.54, 1.807) is 6.92 Å². The largest absolute Gasteiger partial charge is 0.396 e. The van der Waals surface area contributed by atoms with Crippen molar-refractivity contribution in [2.24, 2.45) is 5.92 Å². The Morgan fingerprint density at radius 1 is 1.20 bits per heavy atom. The Bertz CT molecular complexity index is 160. The van der Waals surface area contributed by atoms with Gasteiger partial charge in [0.1, 0.15) is 0 Å². The van der Waals surface area contributed by atoms with Gasteiger partial charge in [0, 0.05) is 6.54 Å². The normalized spacial score (nSPS) is 12.5. The second-order valence-electron chi connectivity index (χ2n) is 4.14. The third-order valence-electron chi connectivity index (χ3n) is 2.55. The van der Waals surface area contributed by atoms with Crippen molar-refractivity contribution in [1.82, 2.24) is 5.32 Å². The summed E-state index contributed by atoms with van der Waals surface area (Å²) in [5.41, 5.74) is 0. The van der Waals surface area contributed by atoms with Crippen molar-refractivity contribution in [3.8, 4) is 0 Å². The summed E-state index contributed by atoms with van der Waals surface area (Å²) >= 11 is 0. The summed E-state index contributed by atoms with van der Waals surface area (Å²) in [7, 11) is 0.